The van der Waals surface area contributed by atoms with Crippen LogP contribution in [0.2, 0.25) is 0 Å². The summed E-state index contributed by atoms with van der Waals surface area (Å²) in [5.41, 5.74) is 0.658. The number of amides is 2. The fraction of sp³-hybridized carbons (Fsp3) is 0.577. The first-order chi connectivity index (χ1) is 16.7. The van der Waals surface area contributed by atoms with Crippen LogP contribution in [0, 0.1) is 11.8 Å². The van der Waals surface area contributed by atoms with Crippen molar-refractivity contribution in [2.24, 2.45) is 11.8 Å². The summed E-state index contributed by atoms with van der Waals surface area (Å²) in [7, 11) is 1.58. The second-order valence-corrected chi connectivity index (χ2v) is 11.6. The van der Waals surface area contributed by atoms with Crippen molar-refractivity contribution in [3.8, 4) is 5.75 Å². The van der Waals surface area contributed by atoms with Crippen molar-refractivity contribution in [2.45, 2.75) is 55.2 Å². The van der Waals surface area contributed by atoms with Gasteiger partial charge in [-0.3, -0.25) is 14.4 Å². The molecule has 0 radical (unpaired) electrons. The first-order valence-electron chi connectivity index (χ1n) is 12.0. The number of hydrogen-bond donors (Lipinski definition) is 1. The molecular formula is C26H34N2O6S. The summed E-state index contributed by atoms with van der Waals surface area (Å²) < 4.78 is 9.40. The number of nitrogens with zero attached hydrogens (tertiary/aromatic N) is 2. The molecule has 1 N–H and O–H groups in total. The Balaban J connectivity index is 1.80. The molecule has 4 rings (SSSR count). The number of hydrogen-bond acceptors (Lipinski definition) is 7. The molecule has 6 atom stereocenters. The number of benzene rings is 1. The maximum atomic E-state index is 14.3. The van der Waals surface area contributed by atoms with Gasteiger partial charge in [0.05, 0.1) is 42.9 Å². The molecule has 190 valence electrons. The summed E-state index contributed by atoms with van der Waals surface area (Å²) in [6.07, 6.45) is 2.99. The first kappa shape index (κ1) is 25.6. The van der Waals surface area contributed by atoms with Crippen LogP contribution < -0.4 is 9.64 Å². The third-order valence-electron chi connectivity index (χ3n) is 7.69. The van der Waals surface area contributed by atoms with Crippen LogP contribution in [0.5, 0.6) is 5.75 Å². The number of aliphatic hydroxyl groups excluding tert-OH is 1. The minimum Gasteiger partial charge on any atom is -0.497 e. The standard InChI is InChI=1S/C26H34N2O6S/c1-6-14-27(17-8-10-18(33-5)11-9-17)23(31)21-26-13-12-25(4,35-26)20(24(32)34-7-2)19(26)22(30)28(21)16(3)15-29/h6,8-11,16,19-21,29H,1,7,12-15H2,2-5H3/t16-,19+,20+,21?,25-,26?/m1/s1. The molecular weight excluding hydrogens is 468 g/mol. The molecule has 2 amide bonds. The van der Waals surface area contributed by atoms with Crippen LogP contribution in [-0.2, 0) is 19.1 Å². The lowest BCUT2D eigenvalue weighted by Gasteiger charge is -2.38. The van der Waals surface area contributed by atoms with E-state index in [0.29, 0.717) is 24.3 Å². The molecule has 3 heterocycles. The smallest absolute Gasteiger partial charge is 0.311 e. The van der Waals surface area contributed by atoms with Crippen molar-refractivity contribution in [3.63, 3.8) is 0 Å². The number of carbonyl (C=O) groups excluding carboxylic acids is 3. The summed E-state index contributed by atoms with van der Waals surface area (Å²) in [6, 6.07) is 5.76. The van der Waals surface area contributed by atoms with Crippen molar-refractivity contribution in [1.82, 2.24) is 4.90 Å². The van der Waals surface area contributed by atoms with Gasteiger partial charge in [-0.05, 0) is 57.9 Å². The van der Waals surface area contributed by atoms with E-state index in [2.05, 4.69) is 6.58 Å². The highest BCUT2D eigenvalue weighted by molar-refractivity contribution is 8.02. The van der Waals surface area contributed by atoms with Crippen LogP contribution in [-0.4, -0.2) is 76.2 Å². The zero-order valence-corrected chi connectivity index (χ0v) is 21.5. The lowest BCUT2D eigenvalue weighted by Crippen LogP contribution is -2.57. The highest BCUT2D eigenvalue weighted by atomic mass is 32.2. The zero-order chi connectivity index (χ0) is 25.5. The second-order valence-electron chi connectivity index (χ2n) is 9.69. The van der Waals surface area contributed by atoms with Crippen LogP contribution >= 0.6 is 11.8 Å². The van der Waals surface area contributed by atoms with E-state index in [1.165, 1.54) is 4.90 Å². The molecule has 9 heteroatoms. The average molecular weight is 503 g/mol. The number of ether oxygens (including phenoxy) is 2. The zero-order valence-electron chi connectivity index (χ0n) is 20.7. The number of methoxy groups -OCH3 is 1. The van der Waals surface area contributed by atoms with E-state index < -0.39 is 33.4 Å². The van der Waals surface area contributed by atoms with Gasteiger partial charge in [-0.1, -0.05) is 6.08 Å². The fourth-order valence-corrected chi connectivity index (χ4v) is 8.48. The van der Waals surface area contributed by atoms with E-state index in [4.69, 9.17) is 9.47 Å². The molecule has 1 spiro atoms. The van der Waals surface area contributed by atoms with Crippen molar-refractivity contribution >= 4 is 35.2 Å². The molecule has 35 heavy (non-hydrogen) atoms. The number of thioether (sulfide) groups is 1. The maximum absolute atomic E-state index is 14.3. The Morgan fingerprint density at radius 3 is 2.60 bits per heavy atom. The monoisotopic (exact) mass is 502 g/mol. The Labute approximate surface area is 210 Å². The molecule has 3 saturated heterocycles. The van der Waals surface area contributed by atoms with E-state index in [0.717, 1.165) is 0 Å². The normalized spacial score (nSPS) is 31.7. The summed E-state index contributed by atoms with van der Waals surface area (Å²) in [4.78, 5) is 44.5. The summed E-state index contributed by atoms with van der Waals surface area (Å²) >= 11 is 1.58. The van der Waals surface area contributed by atoms with Gasteiger partial charge in [0.15, 0.2) is 0 Å². The first-order valence-corrected chi connectivity index (χ1v) is 12.9. The maximum Gasteiger partial charge on any atom is 0.311 e. The summed E-state index contributed by atoms with van der Waals surface area (Å²) in [6.45, 7) is 9.52. The molecule has 8 nitrogen and oxygen atoms in total. The molecule has 3 aliphatic rings. The van der Waals surface area contributed by atoms with E-state index >= 15 is 0 Å². The topological polar surface area (TPSA) is 96.4 Å². The largest absolute Gasteiger partial charge is 0.497 e. The van der Waals surface area contributed by atoms with Gasteiger partial charge in [-0.15, -0.1) is 18.3 Å². The number of likely N-dealkylation sites (tertiary alicyclic amines) is 1. The van der Waals surface area contributed by atoms with Gasteiger partial charge in [0.25, 0.3) is 5.91 Å². The third-order valence-corrected chi connectivity index (χ3v) is 9.68. The minimum absolute atomic E-state index is 0.230. The number of carbonyl (C=O) groups is 3. The molecule has 1 aromatic carbocycles. The number of rotatable bonds is 9. The van der Waals surface area contributed by atoms with Gasteiger partial charge in [0.1, 0.15) is 11.8 Å². The number of fused-ring (bicyclic) bond motifs is 1. The SMILES string of the molecule is C=CCN(C(=O)C1N([C@H](C)CO)C(=O)[C@@H]2[C@@H](C(=O)OCC)[C@@]3(C)CCC12S3)c1ccc(OC)cc1. The highest BCUT2D eigenvalue weighted by Gasteiger charge is 2.78. The van der Waals surface area contributed by atoms with E-state index in [1.54, 1.807) is 68.0 Å². The lowest BCUT2D eigenvalue weighted by molar-refractivity contribution is -0.155. The number of esters is 1. The molecule has 0 aromatic heterocycles. The van der Waals surface area contributed by atoms with Gasteiger partial charge in [-0.25, -0.2) is 0 Å². The lowest BCUT2D eigenvalue weighted by atomic mass is 9.66. The van der Waals surface area contributed by atoms with Crippen molar-refractivity contribution in [3.05, 3.63) is 36.9 Å². The molecule has 3 fully saturated rings. The van der Waals surface area contributed by atoms with Gasteiger partial charge < -0.3 is 24.4 Å². The van der Waals surface area contributed by atoms with E-state index in [1.807, 2.05) is 6.92 Å². The molecule has 2 bridgehead atoms. The number of anilines is 1. The van der Waals surface area contributed by atoms with Crippen LogP contribution in [0.1, 0.15) is 33.6 Å². The van der Waals surface area contributed by atoms with Crippen molar-refractivity contribution in [1.29, 1.82) is 0 Å². The molecule has 3 aliphatic heterocycles. The predicted octanol–water partition coefficient (Wildman–Crippen LogP) is 2.64. The van der Waals surface area contributed by atoms with Crippen LogP contribution in [0.25, 0.3) is 0 Å². The van der Waals surface area contributed by atoms with Gasteiger partial charge >= 0.3 is 5.97 Å². The summed E-state index contributed by atoms with van der Waals surface area (Å²) in [5.74, 6) is -1.52. The Morgan fingerprint density at radius 2 is 2.03 bits per heavy atom. The molecule has 1 aromatic rings. The predicted molar refractivity (Wildman–Crippen MR) is 134 cm³/mol. The average Bonchev–Trinajstić information content (AvgIpc) is 3.42. The van der Waals surface area contributed by atoms with Gasteiger partial charge in [0, 0.05) is 17.0 Å². The van der Waals surface area contributed by atoms with E-state index in [9.17, 15) is 19.5 Å². The molecule has 0 saturated carbocycles. The minimum atomic E-state index is -0.824. The van der Waals surface area contributed by atoms with Gasteiger partial charge in [0.2, 0.25) is 5.91 Å². The van der Waals surface area contributed by atoms with E-state index in [-0.39, 0.29) is 37.5 Å². The van der Waals surface area contributed by atoms with Crippen LogP contribution in [0.4, 0.5) is 5.69 Å². The Bertz CT molecular complexity index is 1020. The number of aliphatic hydroxyl groups is 1. The summed E-state index contributed by atoms with van der Waals surface area (Å²) in [5, 5.41) is 10.0. The molecule has 2 unspecified atom stereocenters. The quantitative estimate of drug-likeness (QED) is 0.410. The highest BCUT2D eigenvalue weighted by Crippen LogP contribution is 2.71. The molecule has 0 aliphatic carbocycles. The van der Waals surface area contributed by atoms with Gasteiger partial charge in [-0.2, -0.15) is 0 Å². The Kier molecular flexibility index (Phi) is 6.94. The second kappa shape index (κ2) is 9.50. The van der Waals surface area contributed by atoms with Crippen LogP contribution in [0.15, 0.2) is 36.9 Å². The Morgan fingerprint density at radius 1 is 1.34 bits per heavy atom. The third kappa shape index (κ3) is 3.83. The van der Waals surface area contributed by atoms with Crippen LogP contribution in [0.3, 0.4) is 0 Å². The fourth-order valence-electron chi connectivity index (χ4n) is 6.16. The Hall–Kier alpha value is -2.52. The van der Waals surface area contributed by atoms with Crippen molar-refractivity contribution < 1.29 is 29.0 Å². The van der Waals surface area contributed by atoms with Crippen molar-refractivity contribution in [2.75, 3.05) is 31.8 Å².